The number of nitrogens with zero attached hydrogens (tertiary/aromatic N) is 2. The highest BCUT2D eigenvalue weighted by molar-refractivity contribution is 5.82. The van der Waals surface area contributed by atoms with Crippen molar-refractivity contribution in [2.45, 2.75) is 45.2 Å². The van der Waals surface area contributed by atoms with Gasteiger partial charge in [0.2, 0.25) is 11.8 Å². The molecule has 148 valence electrons. The van der Waals surface area contributed by atoms with Crippen molar-refractivity contribution in [1.29, 1.82) is 0 Å². The highest BCUT2D eigenvalue weighted by Gasteiger charge is 2.30. The Balaban J connectivity index is 1.33. The molecule has 1 aliphatic carbocycles. The molecule has 1 aromatic rings. The van der Waals surface area contributed by atoms with Gasteiger partial charge in [-0.25, -0.2) is 0 Å². The molecule has 6 heteroatoms. The van der Waals surface area contributed by atoms with E-state index in [0.29, 0.717) is 19.1 Å². The van der Waals surface area contributed by atoms with Crippen LogP contribution in [0, 0.1) is 6.92 Å². The third kappa shape index (κ3) is 6.04. The Labute approximate surface area is 162 Å². The average molecular weight is 373 g/mol. The minimum absolute atomic E-state index is 0.0801. The fraction of sp³-hybridized carbons (Fsp3) is 0.619. The number of hydrogen-bond acceptors (Lipinski definition) is 4. The van der Waals surface area contributed by atoms with E-state index in [2.05, 4.69) is 39.5 Å². The number of rotatable bonds is 8. The molecule has 2 amide bonds. The Hall–Kier alpha value is -1.92. The largest absolute Gasteiger partial charge is 0.355 e. The molecular weight excluding hydrogens is 340 g/mol. The van der Waals surface area contributed by atoms with Crippen LogP contribution in [0.2, 0.25) is 0 Å². The second kappa shape index (κ2) is 9.33. The second-order valence-electron chi connectivity index (χ2n) is 7.80. The molecule has 0 spiro atoms. The number of amides is 2. The molecule has 1 saturated carbocycles. The van der Waals surface area contributed by atoms with Crippen LogP contribution in [0.4, 0.5) is 0 Å². The zero-order valence-corrected chi connectivity index (χ0v) is 16.5. The minimum Gasteiger partial charge on any atom is -0.355 e. The smallest absolute Gasteiger partial charge is 0.237 e. The fourth-order valence-corrected chi connectivity index (χ4v) is 3.51. The van der Waals surface area contributed by atoms with E-state index in [0.717, 1.165) is 45.4 Å². The van der Waals surface area contributed by atoms with Gasteiger partial charge in [-0.05, 0) is 44.2 Å². The number of aryl methyl sites for hydroxylation is 1. The van der Waals surface area contributed by atoms with Gasteiger partial charge in [0.1, 0.15) is 0 Å². The summed E-state index contributed by atoms with van der Waals surface area (Å²) >= 11 is 0. The van der Waals surface area contributed by atoms with Crippen LogP contribution in [0.3, 0.4) is 0 Å². The van der Waals surface area contributed by atoms with E-state index >= 15 is 0 Å². The van der Waals surface area contributed by atoms with Gasteiger partial charge in [0.15, 0.2) is 0 Å². The molecule has 2 aliphatic rings. The molecule has 1 atom stereocenters. The lowest BCUT2D eigenvalue weighted by Gasteiger charge is -2.37. The van der Waals surface area contributed by atoms with E-state index in [-0.39, 0.29) is 17.9 Å². The Bertz CT molecular complexity index is 651. The van der Waals surface area contributed by atoms with Gasteiger partial charge in [-0.15, -0.1) is 0 Å². The van der Waals surface area contributed by atoms with E-state index < -0.39 is 0 Å². The molecule has 2 fully saturated rings. The third-order valence-electron chi connectivity index (χ3n) is 5.60. The lowest BCUT2D eigenvalue weighted by Crippen LogP contribution is -2.55. The molecule has 6 nitrogen and oxygen atoms in total. The first kappa shape index (κ1) is 19.8. The lowest BCUT2D eigenvalue weighted by molar-refractivity contribution is -0.128. The molecule has 0 aromatic heterocycles. The summed E-state index contributed by atoms with van der Waals surface area (Å²) in [6.07, 6.45) is 3.09. The van der Waals surface area contributed by atoms with Gasteiger partial charge in [0.25, 0.3) is 0 Å². The molecule has 27 heavy (non-hydrogen) atoms. The Morgan fingerprint density at radius 1 is 1.15 bits per heavy atom. The maximum absolute atomic E-state index is 12.2. The van der Waals surface area contributed by atoms with E-state index in [1.807, 2.05) is 19.1 Å². The van der Waals surface area contributed by atoms with Gasteiger partial charge in [-0.2, -0.15) is 0 Å². The topological polar surface area (TPSA) is 64.7 Å². The summed E-state index contributed by atoms with van der Waals surface area (Å²) in [4.78, 5) is 28.8. The van der Waals surface area contributed by atoms with Crippen molar-refractivity contribution in [3.05, 3.63) is 35.4 Å². The molecular formula is C21H32N4O2. The van der Waals surface area contributed by atoms with Crippen LogP contribution in [0.1, 0.15) is 30.9 Å². The summed E-state index contributed by atoms with van der Waals surface area (Å²) in [5.74, 6) is 0.219. The molecule has 1 heterocycles. The van der Waals surface area contributed by atoms with Crippen molar-refractivity contribution in [2.75, 3.05) is 39.3 Å². The zero-order valence-electron chi connectivity index (χ0n) is 16.5. The van der Waals surface area contributed by atoms with E-state index in [1.165, 1.54) is 11.1 Å². The van der Waals surface area contributed by atoms with Crippen molar-refractivity contribution >= 4 is 11.8 Å². The fourth-order valence-electron chi connectivity index (χ4n) is 3.51. The SMILES string of the molecule is Cc1ccccc1CCNC(=O)CN1CCN(C(C)C(=O)NC2CC2)CC1. The molecule has 1 aliphatic heterocycles. The van der Waals surface area contributed by atoms with Crippen LogP contribution in [0.15, 0.2) is 24.3 Å². The van der Waals surface area contributed by atoms with Crippen LogP contribution in [-0.2, 0) is 16.0 Å². The maximum Gasteiger partial charge on any atom is 0.237 e. The number of carbonyl (C=O) groups excluding carboxylic acids is 2. The summed E-state index contributed by atoms with van der Waals surface area (Å²) < 4.78 is 0. The van der Waals surface area contributed by atoms with Gasteiger partial charge in [-0.3, -0.25) is 19.4 Å². The van der Waals surface area contributed by atoms with E-state index in [1.54, 1.807) is 0 Å². The number of carbonyl (C=O) groups is 2. The number of benzene rings is 1. The number of piperazine rings is 1. The first-order chi connectivity index (χ1) is 13.0. The standard InChI is InChI=1S/C21H32N4O2/c1-16-5-3-4-6-18(16)9-10-22-20(26)15-24-11-13-25(14-12-24)17(2)21(27)23-19-7-8-19/h3-6,17,19H,7-15H2,1-2H3,(H,22,26)(H,23,27). The highest BCUT2D eigenvalue weighted by Crippen LogP contribution is 2.19. The van der Waals surface area contributed by atoms with Crippen LogP contribution < -0.4 is 10.6 Å². The lowest BCUT2D eigenvalue weighted by atomic mass is 10.1. The summed E-state index contributed by atoms with van der Waals surface area (Å²) in [5, 5.41) is 6.10. The highest BCUT2D eigenvalue weighted by atomic mass is 16.2. The van der Waals surface area contributed by atoms with Gasteiger partial charge < -0.3 is 10.6 Å². The summed E-state index contributed by atoms with van der Waals surface area (Å²) in [7, 11) is 0. The van der Waals surface area contributed by atoms with Gasteiger partial charge in [0.05, 0.1) is 12.6 Å². The first-order valence-electron chi connectivity index (χ1n) is 10.1. The monoisotopic (exact) mass is 372 g/mol. The second-order valence-corrected chi connectivity index (χ2v) is 7.80. The van der Waals surface area contributed by atoms with Crippen molar-refractivity contribution in [3.63, 3.8) is 0 Å². The van der Waals surface area contributed by atoms with Crippen molar-refractivity contribution in [3.8, 4) is 0 Å². The normalized spacial score (nSPS) is 19.5. The number of nitrogens with one attached hydrogen (secondary N) is 2. The number of hydrogen-bond donors (Lipinski definition) is 2. The Morgan fingerprint density at radius 3 is 2.52 bits per heavy atom. The molecule has 1 saturated heterocycles. The molecule has 0 bridgehead atoms. The molecule has 1 aromatic carbocycles. The summed E-state index contributed by atoms with van der Waals surface area (Å²) in [6, 6.07) is 8.60. The van der Waals surface area contributed by atoms with Gasteiger partial charge >= 0.3 is 0 Å². The molecule has 2 N–H and O–H groups in total. The van der Waals surface area contributed by atoms with Crippen molar-refractivity contribution in [2.24, 2.45) is 0 Å². The third-order valence-corrected chi connectivity index (χ3v) is 5.60. The van der Waals surface area contributed by atoms with Crippen molar-refractivity contribution < 1.29 is 9.59 Å². The van der Waals surface area contributed by atoms with Crippen LogP contribution in [0.5, 0.6) is 0 Å². The summed E-state index contributed by atoms with van der Waals surface area (Å²) in [6.45, 7) is 8.49. The van der Waals surface area contributed by atoms with Gasteiger partial charge in [0, 0.05) is 38.8 Å². The van der Waals surface area contributed by atoms with Crippen molar-refractivity contribution in [1.82, 2.24) is 20.4 Å². The van der Waals surface area contributed by atoms with E-state index in [4.69, 9.17) is 0 Å². The van der Waals surface area contributed by atoms with E-state index in [9.17, 15) is 9.59 Å². The van der Waals surface area contributed by atoms with Crippen LogP contribution in [0.25, 0.3) is 0 Å². The van der Waals surface area contributed by atoms with Crippen LogP contribution >= 0.6 is 0 Å². The zero-order chi connectivity index (χ0) is 19.2. The molecule has 0 radical (unpaired) electrons. The van der Waals surface area contributed by atoms with Crippen LogP contribution in [-0.4, -0.2) is 73.0 Å². The molecule has 1 unspecified atom stereocenters. The maximum atomic E-state index is 12.2. The first-order valence-corrected chi connectivity index (χ1v) is 10.1. The average Bonchev–Trinajstić information content (AvgIpc) is 3.47. The predicted molar refractivity (Wildman–Crippen MR) is 107 cm³/mol. The Kier molecular flexibility index (Phi) is 6.85. The van der Waals surface area contributed by atoms with Gasteiger partial charge in [-0.1, -0.05) is 24.3 Å². The summed E-state index contributed by atoms with van der Waals surface area (Å²) in [5.41, 5.74) is 2.55. The molecule has 3 rings (SSSR count). The predicted octanol–water partition coefficient (Wildman–Crippen LogP) is 0.938. The Morgan fingerprint density at radius 2 is 1.85 bits per heavy atom. The minimum atomic E-state index is -0.0873. The quantitative estimate of drug-likeness (QED) is 0.713.